The molecule has 0 bridgehead atoms. The van der Waals surface area contributed by atoms with Crippen LogP contribution in [-0.4, -0.2) is 37.5 Å². The Morgan fingerprint density at radius 2 is 1.95 bits per heavy atom. The molecule has 0 aromatic heterocycles. The van der Waals surface area contributed by atoms with Crippen molar-refractivity contribution in [2.24, 2.45) is 5.73 Å². The SMILES string of the molecule is COc1ccccc1C(=O)NCC(=O)O[C@@H](C)C(N)=O. The zero-order valence-corrected chi connectivity index (χ0v) is 11.2. The molecule has 7 nitrogen and oxygen atoms in total. The molecule has 7 heteroatoms. The first-order valence-corrected chi connectivity index (χ1v) is 5.85. The predicted molar refractivity (Wildman–Crippen MR) is 70.1 cm³/mol. The molecule has 0 fully saturated rings. The minimum absolute atomic E-state index is 0.297. The van der Waals surface area contributed by atoms with Crippen molar-refractivity contribution in [1.29, 1.82) is 0 Å². The number of para-hydroxylation sites is 1. The van der Waals surface area contributed by atoms with Crippen molar-refractivity contribution in [3.63, 3.8) is 0 Å². The lowest BCUT2D eigenvalue weighted by molar-refractivity contribution is -0.152. The van der Waals surface area contributed by atoms with Crippen LogP contribution in [0.2, 0.25) is 0 Å². The molecule has 0 aliphatic heterocycles. The van der Waals surface area contributed by atoms with Crippen molar-refractivity contribution < 1.29 is 23.9 Å². The third-order valence-corrected chi connectivity index (χ3v) is 2.45. The summed E-state index contributed by atoms with van der Waals surface area (Å²) in [5.41, 5.74) is 5.25. The van der Waals surface area contributed by atoms with Crippen molar-refractivity contribution in [3.8, 4) is 5.75 Å². The zero-order chi connectivity index (χ0) is 15.1. The summed E-state index contributed by atoms with van der Waals surface area (Å²) in [6.45, 7) is 0.983. The molecule has 0 radical (unpaired) electrons. The van der Waals surface area contributed by atoms with E-state index >= 15 is 0 Å². The maximum atomic E-state index is 11.9. The number of methoxy groups -OCH3 is 1. The van der Waals surface area contributed by atoms with E-state index in [-0.39, 0.29) is 6.54 Å². The summed E-state index contributed by atoms with van der Waals surface area (Å²) in [5.74, 6) is -1.59. The first-order valence-electron chi connectivity index (χ1n) is 5.85. The van der Waals surface area contributed by atoms with Crippen molar-refractivity contribution in [2.45, 2.75) is 13.0 Å². The first kappa shape index (κ1) is 15.5. The van der Waals surface area contributed by atoms with Gasteiger partial charge in [0, 0.05) is 0 Å². The van der Waals surface area contributed by atoms with Crippen LogP contribution in [0.25, 0.3) is 0 Å². The number of ether oxygens (including phenoxy) is 2. The molecule has 0 spiro atoms. The Kier molecular flexibility index (Phi) is 5.52. The molecular formula is C13H16N2O5. The monoisotopic (exact) mass is 280 g/mol. The minimum atomic E-state index is -1.04. The number of nitrogens with one attached hydrogen (secondary N) is 1. The van der Waals surface area contributed by atoms with Crippen molar-refractivity contribution >= 4 is 17.8 Å². The van der Waals surface area contributed by atoms with Gasteiger partial charge >= 0.3 is 5.97 Å². The number of esters is 1. The Morgan fingerprint density at radius 1 is 1.30 bits per heavy atom. The van der Waals surface area contributed by atoms with Crippen molar-refractivity contribution in [1.82, 2.24) is 5.32 Å². The molecule has 1 atom stereocenters. The van der Waals surface area contributed by atoms with Gasteiger partial charge in [-0.1, -0.05) is 12.1 Å². The summed E-state index contributed by atoms with van der Waals surface area (Å²) >= 11 is 0. The molecule has 3 N–H and O–H groups in total. The Balaban J connectivity index is 2.55. The van der Waals surface area contributed by atoms with Crippen LogP contribution in [0.5, 0.6) is 5.75 Å². The summed E-state index contributed by atoms with van der Waals surface area (Å²) < 4.78 is 9.73. The fourth-order valence-corrected chi connectivity index (χ4v) is 1.38. The van der Waals surface area contributed by atoms with E-state index in [2.05, 4.69) is 5.32 Å². The molecule has 108 valence electrons. The predicted octanol–water partition coefficient (Wildman–Crippen LogP) is -0.158. The highest BCUT2D eigenvalue weighted by molar-refractivity contribution is 5.98. The second-order valence-electron chi connectivity index (χ2n) is 3.92. The van der Waals surface area contributed by atoms with Gasteiger partial charge in [0.25, 0.3) is 11.8 Å². The lowest BCUT2D eigenvalue weighted by Gasteiger charge is -2.11. The largest absolute Gasteiger partial charge is 0.496 e. The standard InChI is InChI=1S/C13H16N2O5/c1-8(12(14)17)20-11(16)7-15-13(18)9-5-3-4-6-10(9)19-2/h3-6,8H,7H2,1-2H3,(H2,14,17)(H,15,18)/t8-/m0/s1. The van der Waals surface area contributed by atoms with E-state index < -0.39 is 23.9 Å². The van der Waals surface area contributed by atoms with E-state index in [1.54, 1.807) is 24.3 Å². The number of benzene rings is 1. The van der Waals surface area contributed by atoms with E-state index in [0.717, 1.165) is 0 Å². The molecular weight excluding hydrogens is 264 g/mol. The Bertz CT molecular complexity index is 515. The molecule has 0 unspecified atom stereocenters. The fraction of sp³-hybridized carbons (Fsp3) is 0.308. The lowest BCUT2D eigenvalue weighted by atomic mass is 10.2. The molecule has 0 heterocycles. The number of amides is 2. The van der Waals surface area contributed by atoms with Crippen LogP contribution in [0.3, 0.4) is 0 Å². The smallest absolute Gasteiger partial charge is 0.326 e. The second kappa shape index (κ2) is 7.13. The van der Waals surface area contributed by atoms with Gasteiger partial charge in [0.05, 0.1) is 12.7 Å². The van der Waals surface area contributed by atoms with Gasteiger partial charge in [0.15, 0.2) is 6.10 Å². The number of nitrogens with two attached hydrogens (primary N) is 1. The third-order valence-electron chi connectivity index (χ3n) is 2.45. The van der Waals surface area contributed by atoms with Crippen molar-refractivity contribution in [2.75, 3.05) is 13.7 Å². The zero-order valence-electron chi connectivity index (χ0n) is 11.2. The van der Waals surface area contributed by atoms with Gasteiger partial charge in [0.1, 0.15) is 12.3 Å². The fourth-order valence-electron chi connectivity index (χ4n) is 1.38. The van der Waals surface area contributed by atoms with Crippen LogP contribution in [-0.2, 0) is 14.3 Å². The summed E-state index contributed by atoms with van der Waals surface area (Å²) in [7, 11) is 1.44. The molecule has 1 aromatic carbocycles. The topological polar surface area (TPSA) is 108 Å². The molecule has 1 rings (SSSR count). The quantitative estimate of drug-likeness (QED) is 0.704. The van der Waals surface area contributed by atoms with E-state index in [1.165, 1.54) is 14.0 Å². The van der Waals surface area contributed by atoms with Gasteiger partial charge in [-0.15, -0.1) is 0 Å². The van der Waals surface area contributed by atoms with Gasteiger partial charge in [-0.2, -0.15) is 0 Å². The number of rotatable bonds is 6. The van der Waals surface area contributed by atoms with Gasteiger partial charge in [-0.05, 0) is 19.1 Å². The second-order valence-corrected chi connectivity index (χ2v) is 3.92. The van der Waals surface area contributed by atoms with E-state index in [1.807, 2.05) is 0 Å². The summed E-state index contributed by atoms with van der Waals surface area (Å²) in [6.07, 6.45) is -1.04. The Hall–Kier alpha value is -2.57. The normalized spacial score (nSPS) is 11.3. The third kappa shape index (κ3) is 4.27. The van der Waals surface area contributed by atoms with Crippen LogP contribution in [0.1, 0.15) is 17.3 Å². The van der Waals surface area contributed by atoms with Gasteiger partial charge < -0.3 is 20.5 Å². The highest BCUT2D eigenvalue weighted by Gasteiger charge is 2.16. The van der Waals surface area contributed by atoms with Gasteiger partial charge in [-0.3, -0.25) is 14.4 Å². The molecule has 0 aliphatic rings. The molecule has 0 saturated heterocycles. The number of hydrogen-bond acceptors (Lipinski definition) is 5. The van der Waals surface area contributed by atoms with Gasteiger partial charge in [-0.25, -0.2) is 0 Å². The average Bonchev–Trinajstić information content (AvgIpc) is 2.44. The first-order chi connectivity index (χ1) is 9.45. The lowest BCUT2D eigenvalue weighted by Crippen LogP contribution is -2.36. The highest BCUT2D eigenvalue weighted by Crippen LogP contribution is 2.16. The van der Waals surface area contributed by atoms with Crippen LogP contribution in [0, 0.1) is 0 Å². The van der Waals surface area contributed by atoms with E-state index in [9.17, 15) is 14.4 Å². The number of carbonyl (C=O) groups is 3. The summed E-state index contributed by atoms with van der Waals surface area (Å²) in [4.78, 5) is 33.9. The molecule has 0 aliphatic carbocycles. The summed E-state index contributed by atoms with van der Waals surface area (Å²) in [6, 6.07) is 6.58. The summed E-state index contributed by atoms with van der Waals surface area (Å²) in [5, 5.41) is 2.37. The molecule has 0 saturated carbocycles. The highest BCUT2D eigenvalue weighted by atomic mass is 16.5. The number of primary amides is 1. The van der Waals surface area contributed by atoms with Crippen LogP contribution in [0.4, 0.5) is 0 Å². The van der Waals surface area contributed by atoms with Crippen LogP contribution in [0.15, 0.2) is 24.3 Å². The maximum absolute atomic E-state index is 11.9. The molecule has 20 heavy (non-hydrogen) atoms. The maximum Gasteiger partial charge on any atom is 0.326 e. The van der Waals surface area contributed by atoms with Gasteiger partial charge in [0.2, 0.25) is 0 Å². The van der Waals surface area contributed by atoms with Crippen molar-refractivity contribution in [3.05, 3.63) is 29.8 Å². The minimum Gasteiger partial charge on any atom is -0.496 e. The average molecular weight is 280 g/mol. The van der Waals surface area contributed by atoms with Crippen LogP contribution >= 0.6 is 0 Å². The van der Waals surface area contributed by atoms with Crippen LogP contribution < -0.4 is 15.8 Å². The molecule has 1 aromatic rings. The Labute approximate surface area is 116 Å². The molecule has 2 amide bonds. The van der Waals surface area contributed by atoms with E-state index in [4.69, 9.17) is 15.2 Å². The van der Waals surface area contributed by atoms with E-state index in [0.29, 0.717) is 11.3 Å². The number of hydrogen-bond donors (Lipinski definition) is 2. The Morgan fingerprint density at radius 3 is 2.55 bits per heavy atom. The number of carbonyl (C=O) groups excluding carboxylic acids is 3.